The van der Waals surface area contributed by atoms with Crippen molar-refractivity contribution in [3.8, 4) is 10.4 Å². The van der Waals surface area contributed by atoms with Crippen LogP contribution in [0.5, 0.6) is 0 Å². The summed E-state index contributed by atoms with van der Waals surface area (Å²) in [5.74, 6) is 0.861. The number of benzene rings is 1. The van der Waals surface area contributed by atoms with Crippen LogP contribution in [0.1, 0.15) is 12.8 Å². The molecule has 0 radical (unpaired) electrons. The van der Waals surface area contributed by atoms with Gasteiger partial charge in [-0.3, -0.25) is 0 Å². The van der Waals surface area contributed by atoms with Gasteiger partial charge in [-0.15, -0.1) is 11.6 Å². The van der Waals surface area contributed by atoms with Crippen LogP contribution in [-0.2, 0) is 0 Å². The Balaban J connectivity index is 1.39. The molecule has 1 unspecified atom stereocenters. The van der Waals surface area contributed by atoms with E-state index in [2.05, 4.69) is 57.0 Å². The van der Waals surface area contributed by atoms with Crippen LogP contribution in [-0.4, -0.2) is 35.0 Å². The third-order valence-corrected chi connectivity index (χ3v) is 6.23. The summed E-state index contributed by atoms with van der Waals surface area (Å²) >= 11 is 7.71. The molecular formula is C22H24ClN5S. The number of allylic oxidation sites excluding steroid dienone is 3. The lowest BCUT2D eigenvalue weighted by Crippen LogP contribution is -2.29. The zero-order valence-corrected chi connectivity index (χ0v) is 17.8. The summed E-state index contributed by atoms with van der Waals surface area (Å²) in [6.07, 6.45) is 11.8. The van der Waals surface area contributed by atoms with E-state index < -0.39 is 0 Å². The molecule has 0 saturated heterocycles. The Morgan fingerprint density at radius 2 is 2.14 bits per heavy atom. The molecular weight excluding hydrogens is 402 g/mol. The van der Waals surface area contributed by atoms with Crippen molar-refractivity contribution in [1.29, 1.82) is 0 Å². The predicted molar refractivity (Wildman–Crippen MR) is 125 cm³/mol. The number of rotatable bonds is 7. The Kier molecular flexibility index (Phi) is 6.13. The highest BCUT2D eigenvalue weighted by Gasteiger charge is 2.11. The van der Waals surface area contributed by atoms with Crippen molar-refractivity contribution in [2.24, 2.45) is 5.73 Å². The highest BCUT2D eigenvalue weighted by molar-refractivity contribution is 7.18. The second-order valence-corrected chi connectivity index (χ2v) is 8.74. The van der Waals surface area contributed by atoms with Gasteiger partial charge in [0.15, 0.2) is 5.13 Å². The third kappa shape index (κ3) is 4.96. The summed E-state index contributed by atoms with van der Waals surface area (Å²) in [5.41, 5.74) is 8.69. The van der Waals surface area contributed by atoms with Gasteiger partial charge in [0, 0.05) is 37.4 Å². The van der Waals surface area contributed by atoms with Crippen LogP contribution >= 0.6 is 22.9 Å². The van der Waals surface area contributed by atoms with E-state index in [4.69, 9.17) is 17.3 Å². The molecule has 5 nitrogen and oxygen atoms in total. The van der Waals surface area contributed by atoms with E-state index in [1.165, 1.54) is 5.57 Å². The number of pyridine rings is 1. The standard InChI is InChI=1S/C22H24ClN5S/c1-25-21-10-17-9-15(4-5-16(17)11-26-21)20-13-28-22(29-20)27-12-19(24)8-14-2-6-18(23)7-3-14/h2-6,9-11,13,18-19H,7-8,12,24H2,1H3,(H,25,26)(H,27,28)/t18?,19-/m0/s1. The van der Waals surface area contributed by atoms with Gasteiger partial charge in [0.1, 0.15) is 5.82 Å². The van der Waals surface area contributed by atoms with E-state index in [0.29, 0.717) is 6.54 Å². The number of alkyl halides is 1. The minimum atomic E-state index is 0.0262. The van der Waals surface area contributed by atoms with Gasteiger partial charge in [0.05, 0.1) is 10.3 Å². The van der Waals surface area contributed by atoms with Crippen molar-refractivity contribution in [3.63, 3.8) is 0 Å². The van der Waals surface area contributed by atoms with Gasteiger partial charge in [-0.05, 0) is 35.9 Å². The number of thiazole rings is 1. The van der Waals surface area contributed by atoms with E-state index in [1.807, 2.05) is 25.5 Å². The summed E-state index contributed by atoms with van der Waals surface area (Å²) in [4.78, 5) is 10.00. The lowest BCUT2D eigenvalue weighted by molar-refractivity contribution is 0.697. The fraction of sp³-hybridized carbons (Fsp3) is 0.273. The fourth-order valence-corrected chi connectivity index (χ4v) is 4.28. The molecule has 0 spiro atoms. The second kappa shape index (κ2) is 8.95. The molecule has 0 saturated carbocycles. The van der Waals surface area contributed by atoms with Gasteiger partial charge in [-0.2, -0.15) is 0 Å². The Hall–Kier alpha value is -2.41. The first kappa shape index (κ1) is 19.9. The number of aromatic nitrogens is 2. The lowest BCUT2D eigenvalue weighted by Gasteiger charge is -2.15. The molecule has 3 aromatic rings. The van der Waals surface area contributed by atoms with Gasteiger partial charge >= 0.3 is 0 Å². The molecule has 2 heterocycles. The predicted octanol–water partition coefficient (Wildman–Crippen LogP) is 5.02. The summed E-state index contributed by atoms with van der Waals surface area (Å²) in [6, 6.07) is 8.46. The molecule has 2 aromatic heterocycles. The van der Waals surface area contributed by atoms with Crippen molar-refractivity contribution in [2.75, 3.05) is 24.2 Å². The number of nitrogens with one attached hydrogen (secondary N) is 2. The number of halogens is 1. The van der Waals surface area contributed by atoms with Gasteiger partial charge in [-0.25, -0.2) is 9.97 Å². The summed E-state index contributed by atoms with van der Waals surface area (Å²) in [5, 5.41) is 9.72. The average Bonchev–Trinajstić information content (AvgIpc) is 3.22. The van der Waals surface area contributed by atoms with E-state index in [-0.39, 0.29) is 11.4 Å². The Morgan fingerprint density at radius 1 is 1.24 bits per heavy atom. The Labute approximate surface area is 179 Å². The summed E-state index contributed by atoms with van der Waals surface area (Å²) in [7, 11) is 1.87. The molecule has 7 heteroatoms. The second-order valence-electron chi connectivity index (χ2n) is 7.15. The van der Waals surface area contributed by atoms with Gasteiger partial charge in [0.2, 0.25) is 0 Å². The highest BCUT2D eigenvalue weighted by Crippen LogP contribution is 2.31. The minimum Gasteiger partial charge on any atom is -0.373 e. The Bertz CT molecular complexity index is 1060. The van der Waals surface area contributed by atoms with Crippen molar-refractivity contribution in [3.05, 3.63) is 60.5 Å². The van der Waals surface area contributed by atoms with Crippen LogP contribution < -0.4 is 16.4 Å². The molecule has 29 heavy (non-hydrogen) atoms. The maximum absolute atomic E-state index is 6.29. The van der Waals surface area contributed by atoms with Crippen LogP contribution in [0.2, 0.25) is 0 Å². The van der Waals surface area contributed by atoms with Crippen LogP contribution in [0.3, 0.4) is 0 Å². The van der Waals surface area contributed by atoms with Crippen LogP contribution in [0, 0.1) is 0 Å². The molecule has 150 valence electrons. The number of nitrogens with two attached hydrogens (primary N) is 1. The quantitative estimate of drug-likeness (QED) is 0.463. The average molecular weight is 426 g/mol. The number of hydrogen-bond donors (Lipinski definition) is 3. The molecule has 2 atom stereocenters. The summed E-state index contributed by atoms with van der Waals surface area (Å²) < 4.78 is 0. The number of nitrogens with zero attached hydrogens (tertiary/aromatic N) is 2. The maximum atomic E-state index is 6.29. The topological polar surface area (TPSA) is 75.9 Å². The number of anilines is 2. The molecule has 1 aliphatic rings. The Morgan fingerprint density at radius 3 is 2.93 bits per heavy atom. The number of fused-ring (bicyclic) bond motifs is 1. The van der Waals surface area contributed by atoms with Gasteiger partial charge in [-0.1, -0.05) is 47.3 Å². The maximum Gasteiger partial charge on any atom is 0.183 e. The van der Waals surface area contributed by atoms with Crippen molar-refractivity contribution in [2.45, 2.75) is 24.3 Å². The van der Waals surface area contributed by atoms with Gasteiger partial charge in [0.25, 0.3) is 0 Å². The van der Waals surface area contributed by atoms with Crippen LogP contribution in [0.25, 0.3) is 21.2 Å². The first-order chi connectivity index (χ1) is 14.1. The molecule has 4 N–H and O–H groups in total. The largest absolute Gasteiger partial charge is 0.373 e. The lowest BCUT2D eigenvalue weighted by atomic mass is 10.0. The van der Waals surface area contributed by atoms with E-state index >= 15 is 0 Å². The molecule has 0 aliphatic heterocycles. The first-order valence-corrected chi connectivity index (χ1v) is 10.9. The smallest absolute Gasteiger partial charge is 0.183 e. The minimum absolute atomic E-state index is 0.0262. The van der Waals surface area contributed by atoms with Crippen LogP contribution in [0.15, 0.2) is 60.5 Å². The van der Waals surface area contributed by atoms with Gasteiger partial charge < -0.3 is 16.4 Å². The zero-order valence-electron chi connectivity index (χ0n) is 16.2. The third-order valence-electron chi connectivity index (χ3n) is 4.91. The zero-order chi connectivity index (χ0) is 20.2. The first-order valence-electron chi connectivity index (χ1n) is 9.65. The molecule has 4 rings (SSSR count). The SMILES string of the molecule is CNc1cc2cc(-c3cnc(NC[C@@H](N)CC4=CCC(Cl)C=C4)s3)ccc2cn1. The van der Waals surface area contributed by atoms with E-state index in [0.717, 1.165) is 45.0 Å². The normalized spacial score (nSPS) is 17.2. The van der Waals surface area contributed by atoms with E-state index in [9.17, 15) is 0 Å². The molecule has 0 bridgehead atoms. The summed E-state index contributed by atoms with van der Waals surface area (Å²) in [6.45, 7) is 0.678. The van der Waals surface area contributed by atoms with E-state index in [1.54, 1.807) is 11.3 Å². The molecule has 0 fully saturated rings. The molecule has 1 aliphatic carbocycles. The van der Waals surface area contributed by atoms with Crippen LogP contribution in [0.4, 0.5) is 10.9 Å². The molecule has 1 aromatic carbocycles. The monoisotopic (exact) mass is 425 g/mol. The van der Waals surface area contributed by atoms with Crippen molar-refractivity contribution < 1.29 is 0 Å². The fourth-order valence-electron chi connectivity index (χ4n) is 3.30. The highest BCUT2D eigenvalue weighted by atomic mass is 35.5. The van der Waals surface area contributed by atoms with Crippen molar-refractivity contribution >= 4 is 44.7 Å². The number of hydrogen-bond acceptors (Lipinski definition) is 6. The van der Waals surface area contributed by atoms with Crippen molar-refractivity contribution in [1.82, 2.24) is 9.97 Å². The molecule has 0 amide bonds.